The summed E-state index contributed by atoms with van der Waals surface area (Å²) in [7, 11) is 0. The Morgan fingerprint density at radius 1 is 0.870 bits per heavy atom. The summed E-state index contributed by atoms with van der Waals surface area (Å²) in [6.45, 7) is 7.89. The molecule has 1 N–H and O–H groups in total. The molecule has 1 rings (SSSR count). The van der Waals surface area contributed by atoms with Crippen LogP contribution >= 0.6 is 0 Å². The Hall–Kier alpha value is -0.280. The highest BCUT2D eigenvalue weighted by Gasteiger charge is 2.14. The van der Waals surface area contributed by atoms with E-state index in [9.17, 15) is 0 Å². The van der Waals surface area contributed by atoms with Crippen molar-refractivity contribution in [1.29, 1.82) is 0 Å². The number of aliphatic hydroxyl groups is 1. The molecule has 0 spiro atoms. The van der Waals surface area contributed by atoms with Crippen LogP contribution in [0.2, 0.25) is 0 Å². The van der Waals surface area contributed by atoms with Crippen molar-refractivity contribution in [2.24, 2.45) is 0 Å². The first-order valence-corrected chi connectivity index (χ1v) is 8.47. The lowest BCUT2D eigenvalue weighted by Gasteiger charge is -2.10. The molecule has 1 aliphatic rings. The SMILES string of the molecule is CC(O)COCCOCCOCCOCCOCC1CCCO1. The van der Waals surface area contributed by atoms with Crippen LogP contribution in [0.25, 0.3) is 0 Å². The van der Waals surface area contributed by atoms with E-state index in [1.165, 1.54) is 0 Å². The van der Waals surface area contributed by atoms with Crippen LogP contribution in [0.1, 0.15) is 19.8 Å². The number of hydrogen-bond acceptors (Lipinski definition) is 7. The predicted molar refractivity (Wildman–Crippen MR) is 84.7 cm³/mol. The largest absolute Gasteiger partial charge is 0.391 e. The molecular weight excluding hydrogens is 304 g/mol. The Balaban J connectivity index is 1.65. The monoisotopic (exact) mass is 336 g/mol. The van der Waals surface area contributed by atoms with Crippen molar-refractivity contribution in [2.75, 3.05) is 72.7 Å². The van der Waals surface area contributed by atoms with Crippen LogP contribution in [0.3, 0.4) is 0 Å². The molecular formula is C16H32O7. The molecule has 0 saturated carbocycles. The van der Waals surface area contributed by atoms with E-state index in [4.69, 9.17) is 33.5 Å². The fourth-order valence-corrected chi connectivity index (χ4v) is 2.02. The highest BCUT2D eigenvalue weighted by atomic mass is 16.6. The van der Waals surface area contributed by atoms with Gasteiger partial charge in [-0.1, -0.05) is 0 Å². The zero-order chi connectivity index (χ0) is 16.6. The van der Waals surface area contributed by atoms with Gasteiger partial charge in [-0.3, -0.25) is 0 Å². The minimum Gasteiger partial charge on any atom is -0.391 e. The Kier molecular flexibility index (Phi) is 13.8. The van der Waals surface area contributed by atoms with Crippen molar-refractivity contribution in [3.63, 3.8) is 0 Å². The summed E-state index contributed by atoms with van der Waals surface area (Å²) in [6.07, 6.45) is 2.08. The van der Waals surface area contributed by atoms with E-state index >= 15 is 0 Å². The van der Waals surface area contributed by atoms with E-state index in [1.54, 1.807) is 6.92 Å². The first-order chi connectivity index (χ1) is 11.3. The second-order valence-electron chi connectivity index (χ2n) is 5.47. The van der Waals surface area contributed by atoms with Crippen molar-refractivity contribution in [3.8, 4) is 0 Å². The minimum atomic E-state index is -0.431. The van der Waals surface area contributed by atoms with Crippen molar-refractivity contribution < 1.29 is 33.5 Å². The number of ether oxygens (including phenoxy) is 6. The molecule has 7 heteroatoms. The quantitative estimate of drug-likeness (QED) is 0.414. The smallest absolute Gasteiger partial charge is 0.0809 e. The van der Waals surface area contributed by atoms with Gasteiger partial charge in [0.05, 0.1) is 78.3 Å². The first-order valence-electron chi connectivity index (χ1n) is 8.47. The van der Waals surface area contributed by atoms with E-state index in [2.05, 4.69) is 0 Å². The third-order valence-electron chi connectivity index (χ3n) is 3.17. The number of rotatable bonds is 16. The van der Waals surface area contributed by atoms with Gasteiger partial charge in [0.1, 0.15) is 0 Å². The maximum atomic E-state index is 8.98. The molecule has 23 heavy (non-hydrogen) atoms. The highest BCUT2D eigenvalue weighted by molar-refractivity contribution is 4.63. The maximum Gasteiger partial charge on any atom is 0.0809 e. The summed E-state index contributed by atoms with van der Waals surface area (Å²) in [5, 5.41) is 8.98. The van der Waals surface area contributed by atoms with Crippen LogP contribution in [0.5, 0.6) is 0 Å². The normalized spacial score (nSPS) is 19.3. The van der Waals surface area contributed by atoms with Gasteiger partial charge in [-0.05, 0) is 19.8 Å². The summed E-state index contributed by atoms with van der Waals surface area (Å²) in [5.74, 6) is 0. The highest BCUT2D eigenvalue weighted by Crippen LogP contribution is 2.11. The van der Waals surface area contributed by atoms with Crippen molar-refractivity contribution in [3.05, 3.63) is 0 Å². The molecule has 7 nitrogen and oxygen atoms in total. The van der Waals surface area contributed by atoms with Crippen LogP contribution < -0.4 is 0 Å². The zero-order valence-electron chi connectivity index (χ0n) is 14.2. The summed E-state index contributed by atoms with van der Waals surface area (Å²) >= 11 is 0. The van der Waals surface area contributed by atoms with Gasteiger partial charge in [-0.2, -0.15) is 0 Å². The molecule has 0 radical (unpaired) electrons. The molecule has 0 aromatic rings. The molecule has 0 aromatic carbocycles. The van der Waals surface area contributed by atoms with Crippen LogP contribution in [-0.2, 0) is 28.4 Å². The number of aliphatic hydroxyl groups excluding tert-OH is 1. The van der Waals surface area contributed by atoms with Crippen LogP contribution in [0.4, 0.5) is 0 Å². The fraction of sp³-hybridized carbons (Fsp3) is 1.00. The van der Waals surface area contributed by atoms with E-state index in [1.807, 2.05) is 0 Å². The Labute approximate surface area is 139 Å². The van der Waals surface area contributed by atoms with Crippen molar-refractivity contribution in [2.45, 2.75) is 32.0 Å². The van der Waals surface area contributed by atoms with Gasteiger partial charge >= 0.3 is 0 Å². The molecule has 0 aliphatic carbocycles. The summed E-state index contributed by atoms with van der Waals surface area (Å²) in [4.78, 5) is 0. The van der Waals surface area contributed by atoms with Gasteiger partial charge in [-0.15, -0.1) is 0 Å². The summed E-state index contributed by atoms with van der Waals surface area (Å²) < 4.78 is 32.2. The molecule has 1 heterocycles. The molecule has 0 amide bonds. The first kappa shape index (κ1) is 20.8. The Bertz CT molecular complexity index is 245. The average Bonchev–Trinajstić information content (AvgIpc) is 3.04. The Morgan fingerprint density at radius 3 is 1.87 bits per heavy atom. The second kappa shape index (κ2) is 15.3. The summed E-state index contributed by atoms with van der Waals surface area (Å²) in [6, 6.07) is 0. The molecule has 2 atom stereocenters. The standard InChI is InChI=1S/C16H32O7/c1-15(17)13-21-11-9-19-7-5-18-6-8-20-10-12-22-14-16-3-2-4-23-16/h15-17H,2-14H2,1H3. The van der Waals surface area contributed by atoms with Crippen LogP contribution in [0.15, 0.2) is 0 Å². The molecule has 0 bridgehead atoms. The molecule has 1 fully saturated rings. The second-order valence-corrected chi connectivity index (χ2v) is 5.47. The lowest BCUT2D eigenvalue weighted by molar-refractivity contribution is -0.0277. The van der Waals surface area contributed by atoms with Gasteiger partial charge in [0.25, 0.3) is 0 Å². The predicted octanol–water partition coefficient (Wildman–Crippen LogP) is 0.629. The molecule has 1 aliphatic heterocycles. The summed E-state index contributed by atoms with van der Waals surface area (Å²) in [5.41, 5.74) is 0. The fourth-order valence-electron chi connectivity index (χ4n) is 2.02. The van der Waals surface area contributed by atoms with Crippen LogP contribution in [0, 0.1) is 0 Å². The molecule has 2 unspecified atom stereocenters. The van der Waals surface area contributed by atoms with E-state index in [-0.39, 0.29) is 6.10 Å². The number of hydrogen-bond donors (Lipinski definition) is 1. The van der Waals surface area contributed by atoms with Gasteiger partial charge in [0, 0.05) is 6.61 Å². The van der Waals surface area contributed by atoms with E-state index in [0.29, 0.717) is 66.1 Å². The lowest BCUT2D eigenvalue weighted by atomic mass is 10.2. The van der Waals surface area contributed by atoms with E-state index in [0.717, 1.165) is 19.4 Å². The topological polar surface area (TPSA) is 75.6 Å². The van der Waals surface area contributed by atoms with Gasteiger partial charge < -0.3 is 33.5 Å². The van der Waals surface area contributed by atoms with Gasteiger partial charge in [0.2, 0.25) is 0 Å². The maximum absolute atomic E-state index is 8.98. The third kappa shape index (κ3) is 13.8. The van der Waals surface area contributed by atoms with Gasteiger partial charge in [-0.25, -0.2) is 0 Å². The molecule has 138 valence electrons. The minimum absolute atomic E-state index is 0.274. The van der Waals surface area contributed by atoms with Gasteiger partial charge in [0.15, 0.2) is 0 Å². The third-order valence-corrected chi connectivity index (χ3v) is 3.17. The average molecular weight is 336 g/mol. The lowest BCUT2D eigenvalue weighted by Crippen LogP contribution is -2.17. The Morgan fingerprint density at radius 2 is 1.39 bits per heavy atom. The van der Waals surface area contributed by atoms with Crippen LogP contribution in [-0.4, -0.2) is 90.0 Å². The molecule has 0 aromatic heterocycles. The van der Waals surface area contributed by atoms with Crippen molar-refractivity contribution >= 4 is 0 Å². The van der Waals surface area contributed by atoms with E-state index < -0.39 is 6.10 Å². The van der Waals surface area contributed by atoms with Crippen molar-refractivity contribution in [1.82, 2.24) is 0 Å². The zero-order valence-corrected chi connectivity index (χ0v) is 14.2. The molecule has 1 saturated heterocycles.